The van der Waals surface area contributed by atoms with Crippen LogP contribution in [0.15, 0.2) is 17.1 Å². The zero-order chi connectivity index (χ0) is 12.1. The first-order valence-electron chi connectivity index (χ1n) is 5.33. The van der Waals surface area contributed by atoms with Gasteiger partial charge in [-0.15, -0.1) is 0 Å². The number of benzene rings is 1. The van der Waals surface area contributed by atoms with Crippen LogP contribution in [0, 0.1) is 18.3 Å². The molecule has 84 valence electrons. The molecule has 2 nitrogen and oxygen atoms in total. The Bertz CT molecular complexity index is 456. The molecule has 0 saturated carbocycles. The van der Waals surface area contributed by atoms with Gasteiger partial charge in [0.15, 0.2) is 0 Å². The molecule has 16 heavy (non-hydrogen) atoms. The third kappa shape index (κ3) is 2.84. The average molecular weight is 235 g/mol. The number of halogens is 1. The van der Waals surface area contributed by atoms with Crippen molar-refractivity contribution < 1.29 is 0 Å². The second-order valence-corrected chi connectivity index (χ2v) is 4.18. The van der Waals surface area contributed by atoms with Crippen molar-refractivity contribution >= 4 is 23.0 Å². The van der Waals surface area contributed by atoms with Crippen LogP contribution in [0.25, 0.3) is 0 Å². The molecule has 0 aliphatic heterocycles. The second kappa shape index (κ2) is 5.67. The summed E-state index contributed by atoms with van der Waals surface area (Å²) in [5.41, 5.74) is 3.29. The summed E-state index contributed by atoms with van der Waals surface area (Å²) in [5.74, 6) is 0. The molecule has 0 saturated heterocycles. The van der Waals surface area contributed by atoms with E-state index in [0.29, 0.717) is 10.6 Å². The van der Waals surface area contributed by atoms with Crippen LogP contribution in [0.3, 0.4) is 0 Å². The van der Waals surface area contributed by atoms with Crippen LogP contribution in [0.2, 0.25) is 5.02 Å². The number of nitriles is 1. The van der Waals surface area contributed by atoms with Gasteiger partial charge in [0.05, 0.1) is 16.3 Å². The highest BCUT2D eigenvalue weighted by molar-refractivity contribution is 6.32. The highest BCUT2D eigenvalue weighted by Crippen LogP contribution is 2.28. The van der Waals surface area contributed by atoms with Crippen LogP contribution in [0.4, 0.5) is 5.69 Å². The van der Waals surface area contributed by atoms with Crippen LogP contribution < -0.4 is 0 Å². The highest BCUT2D eigenvalue weighted by atomic mass is 35.5. The van der Waals surface area contributed by atoms with Crippen molar-refractivity contribution in [3.8, 4) is 6.07 Å². The number of hydrogen-bond acceptors (Lipinski definition) is 2. The van der Waals surface area contributed by atoms with Crippen molar-refractivity contribution in [2.24, 2.45) is 4.99 Å². The molecule has 1 rings (SSSR count). The van der Waals surface area contributed by atoms with Gasteiger partial charge in [-0.3, -0.25) is 4.99 Å². The largest absolute Gasteiger partial charge is 0.258 e. The van der Waals surface area contributed by atoms with Crippen LogP contribution in [-0.2, 0) is 0 Å². The van der Waals surface area contributed by atoms with Gasteiger partial charge < -0.3 is 0 Å². The fraction of sp³-hybridized carbons (Fsp3) is 0.385. The van der Waals surface area contributed by atoms with Gasteiger partial charge in [-0.1, -0.05) is 24.9 Å². The molecule has 0 atom stereocenters. The Morgan fingerprint density at radius 1 is 1.50 bits per heavy atom. The molecule has 1 aromatic rings. The van der Waals surface area contributed by atoms with E-state index in [1.165, 1.54) is 0 Å². The third-order valence-corrected chi connectivity index (χ3v) is 2.74. The van der Waals surface area contributed by atoms with Gasteiger partial charge in [0.25, 0.3) is 0 Å². The van der Waals surface area contributed by atoms with Crippen LogP contribution >= 0.6 is 11.6 Å². The van der Waals surface area contributed by atoms with Crippen molar-refractivity contribution in [3.05, 3.63) is 28.3 Å². The van der Waals surface area contributed by atoms with Crippen LogP contribution in [-0.4, -0.2) is 5.71 Å². The average Bonchev–Trinajstić information content (AvgIpc) is 2.23. The lowest BCUT2D eigenvalue weighted by atomic mass is 10.1. The number of aliphatic imine (C=N–C) groups is 1. The molecule has 0 radical (unpaired) electrons. The molecule has 0 amide bonds. The van der Waals surface area contributed by atoms with E-state index in [-0.39, 0.29) is 0 Å². The second-order valence-electron chi connectivity index (χ2n) is 3.78. The topological polar surface area (TPSA) is 36.1 Å². The van der Waals surface area contributed by atoms with Gasteiger partial charge in [0.2, 0.25) is 0 Å². The van der Waals surface area contributed by atoms with Gasteiger partial charge in [-0.25, -0.2) is 0 Å². The van der Waals surface area contributed by atoms with Crippen LogP contribution in [0.5, 0.6) is 0 Å². The number of hydrogen-bond donors (Lipinski definition) is 0. The van der Waals surface area contributed by atoms with Crippen molar-refractivity contribution in [1.82, 2.24) is 0 Å². The maximum atomic E-state index is 8.98. The smallest absolute Gasteiger partial charge is 0.101 e. The van der Waals surface area contributed by atoms with Gasteiger partial charge >= 0.3 is 0 Å². The molecule has 0 fully saturated rings. The molecule has 0 unspecified atom stereocenters. The summed E-state index contributed by atoms with van der Waals surface area (Å²) in [7, 11) is 0. The molecule has 3 heteroatoms. The SMILES string of the molecule is CCCC(C)=Nc1ccc(Cl)c(C#N)c1C. The lowest BCUT2D eigenvalue weighted by Gasteiger charge is -2.05. The van der Waals surface area contributed by atoms with Gasteiger partial charge in [-0.05, 0) is 38.0 Å². The number of nitrogens with zero attached hydrogens (tertiary/aromatic N) is 2. The van der Waals surface area contributed by atoms with E-state index in [0.717, 1.165) is 29.8 Å². The third-order valence-electron chi connectivity index (χ3n) is 2.42. The maximum Gasteiger partial charge on any atom is 0.101 e. The normalized spacial score (nSPS) is 11.3. The first kappa shape index (κ1) is 12.7. The van der Waals surface area contributed by atoms with Gasteiger partial charge in [0.1, 0.15) is 6.07 Å². The predicted octanol–water partition coefficient (Wildman–Crippen LogP) is 4.41. The fourth-order valence-corrected chi connectivity index (χ4v) is 1.80. The lowest BCUT2D eigenvalue weighted by Crippen LogP contribution is -1.91. The Labute approximate surface area is 102 Å². The summed E-state index contributed by atoms with van der Waals surface area (Å²) < 4.78 is 0. The van der Waals surface area contributed by atoms with E-state index in [4.69, 9.17) is 16.9 Å². The highest BCUT2D eigenvalue weighted by Gasteiger charge is 2.07. The van der Waals surface area contributed by atoms with Gasteiger partial charge in [-0.2, -0.15) is 5.26 Å². The molecule has 0 spiro atoms. The Morgan fingerprint density at radius 2 is 2.19 bits per heavy atom. The van der Waals surface area contributed by atoms with Crippen LogP contribution in [0.1, 0.15) is 37.8 Å². The molecule has 0 aliphatic rings. The van der Waals surface area contributed by atoms with E-state index in [9.17, 15) is 0 Å². The molecule has 0 heterocycles. The summed E-state index contributed by atoms with van der Waals surface area (Å²) in [5, 5.41) is 9.47. The molecule has 0 N–H and O–H groups in total. The molecule has 0 aromatic heterocycles. The summed E-state index contributed by atoms with van der Waals surface area (Å²) in [4.78, 5) is 4.50. The molecular formula is C13H15ClN2. The minimum Gasteiger partial charge on any atom is -0.258 e. The Kier molecular flexibility index (Phi) is 4.52. The van der Waals surface area contributed by atoms with E-state index < -0.39 is 0 Å². The molecule has 1 aromatic carbocycles. The summed E-state index contributed by atoms with van der Waals surface area (Å²) in [6.45, 7) is 6.00. The monoisotopic (exact) mass is 234 g/mol. The Morgan fingerprint density at radius 3 is 2.75 bits per heavy atom. The summed E-state index contributed by atoms with van der Waals surface area (Å²) >= 11 is 5.93. The van der Waals surface area contributed by atoms with Gasteiger partial charge in [0, 0.05) is 5.71 Å². The summed E-state index contributed by atoms with van der Waals surface area (Å²) in [6.07, 6.45) is 2.05. The Balaban J connectivity index is 3.18. The maximum absolute atomic E-state index is 8.98. The molecule has 0 aliphatic carbocycles. The molecule has 0 bridgehead atoms. The quantitative estimate of drug-likeness (QED) is 0.714. The molecular weight excluding hydrogens is 220 g/mol. The van der Waals surface area contributed by atoms with Crippen molar-refractivity contribution in [2.45, 2.75) is 33.6 Å². The van der Waals surface area contributed by atoms with Crippen molar-refractivity contribution in [1.29, 1.82) is 5.26 Å². The fourth-order valence-electron chi connectivity index (χ4n) is 1.55. The minimum atomic E-state index is 0.493. The first-order chi connectivity index (χ1) is 7.60. The van der Waals surface area contributed by atoms with E-state index >= 15 is 0 Å². The Hall–Kier alpha value is -1.33. The van der Waals surface area contributed by atoms with E-state index in [1.54, 1.807) is 6.07 Å². The number of rotatable bonds is 3. The zero-order valence-corrected chi connectivity index (χ0v) is 10.6. The van der Waals surface area contributed by atoms with E-state index in [2.05, 4.69) is 18.0 Å². The zero-order valence-electron chi connectivity index (χ0n) is 9.84. The van der Waals surface area contributed by atoms with Crippen molar-refractivity contribution in [2.75, 3.05) is 0 Å². The van der Waals surface area contributed by atoms with E-state index in [1.807, 2.05) is 19.9 Å². The summed E-state index contributed by atoms with van der Waals surface area (Å²) in [6, 6.07) is 5.69. The predicted molar refractivity (Wildman–Crippen MR) is 68.6 cm³/mol. The first-order valence-corrected chi connectivity index (χ1v) is 5.71. The lowest BCUT2D eigenvalue weighted by molar-refractivity contribution is 0.987. The minimum absolute atomic E-state index is 0.493. The van der Waals surface area contributed by atoms with Crippen molar-refractivity contribution in [3.63, 3.8) is 0 Å². The standard InChI is InChI=1S/C13H15ClN2/c1-4-5-9(2)16-13-7-6-12(14)11(8-15)10(13)3/h6-7H,4-5H2,1-3H3.